The molecule has 2 aromatic carbocycles. The Bertz CT molecular complexity index is 488. The van der Waals surface area contributed by atoms with Crippen LogP contribution in [-0.2, 0) is 0 Å². The van der Waals surface area contributed by atoms with Crippen LogP contribution in [0.4, 0.5) is 0 Å². The van der Waals surface area contributed by atoms with Crippen molar-refractivity contribution in [3.05, 3.63) is 42.0 Å². The van der Waals surface area contributed by atoms with Crippen molar-refractivity contribution in [2.75, 3.05) is 13.7 Å². The van der Waals surface area contributed by atoms with Crippen molar-refractivity contribution in [2.45, 2.75) is 12.8 Å². The van der Waals surface area contributed by atoms with Crippen molar-refractivity contribution in [3.63, 3.8) is 0 Å². The number of benzene rings is 2. The molecule has 0 bridgehead atoms. The smallest absolute Gasteiger partial charge is 0.126 e. The van der Waals surface area contributed by atoms with Crippen molar-refractivity contribution in [2.24, 2.45) is 5.73 Å². The number of nitrogens with two attached hydrogens (primary N) is 1. The van der Waals surface area contributed by atoms with E-state index < -0.39 is 0 Å². The van der Waals surface area contributed by atoms with Crippen molar-refractivity contribution >= 4 is 10.8 Å². The van der Waals surface area contributed by atoms with Gasteiger partial charge < -0.3 is 10.5 Å². The van der Waals surface area contributed by atoms with Gasteiger partial charge in [-0.1, -0.05) is 37.3 Å². The van der Waals surface area contributed by atoms with Gasteiger partial charge >= 0.3 is 0 Å². The van der Waals surface area contributed by atoms with Gasteiger partial charge in [0, 0.05) is 5.39 Å². The lowest BCUT2D eigenvalue weighted by Crippen LogP contribution is -2.09. The molecule has 0 aliphatic heterocycles. The highest BCUT2D eigenvalue weighted by Crippen LogP contribution is 2.32. The average molecular weight is 215 g/mol. The van der Waals surface area contributed by atoms with Crippen LogP contribution in [0.2, 0.25) is 0 Å². The first-order valence-electron chi connectivity index (χ1n) is 5.53. The zero-order valence-electron chi connectivity index (χ0n) is 9.73. The molecule has 2 heteroatoms. The first-order valence-corrected chi connectivity index (χ1v) is 5.53. The van der Waals surface area contributed by atoms with E-state index >= 15 is 0 Å². The Kier molecular flexibility index (Phi) is 3.11. The van der Waals surface area contributed by atoms with Crippen LogP contribution in [0.1, 0.15) is 18.4 Å². The van der Waals surface area contributed by atoms with E-state index in [0.29, 0.717) is 12.5 Å². The molecule has 1 atom stereocenters. The molecule has 2 aromatic rings. The molecule has 0 aromatic heterocycles. The van der Waals surface area contributed by atoms with Gasteiger partial charge in [0.05, 0.1) is 7.11 Å². The highest BCUT2D eigenvalue weighted by molar-refractivity contribution is 5.91. The second-order valence-electron chi connectivity index (χ2n) is 4.04. The third-order valence-corrected chi connectivity index (χ3v) is 3.00. The zero-order valence-corrected chi connectivity index (χ0v) is 9.73. The summed E-state index contributed by atoms with van der Waals surface area (Å²) in [5.74, 6) is 1.27. The van der Waals surface area contributed by atoms with Crippen molar-refractivity contribution < 1.29 is 4.74 Å². The van der Waals surface area contributed by atoms with E-state index in [1.807, 2.05) is 12.1 Å². The zero-order chi connectivity index (χ0) is 11.5. The molecule has 2 N–H and O–H groups in total. The quantitative estimate of drug-likeness (QED) is 0.854. The molecule has 0 saturated heterocycles. The van der Waals surface area contributed by atoms with E-state index in [1.165, 1.54) is 16.3 Å². The molecule has 2 nitrogen and oxygen atoms in total. The van der Waals surface area contributed by atoms with E-state index in [1.54, 1.807) is 7.11 Å². The summed E-state index contributed by atoms with van der Waals surface area (Å²) in [6, 6.07) is 12.4. The molecule has 2 rings (SSSR count). The summed E-state index contributed by atoms with van der Waals surface area (Å²) in [5, 5.41) is 2.39. The molecule has 0 aliphatic carbocycles. The number of rotatable bonds is 3. The molecule has 0 aliphatic rings. The lowest BCUT2D eigenvalue weighted by molar-refractivity contribution is 0.419. The van der Waals surface area contributed by atoms with Crippen LogP contribution < -0.4 is 10.5 Å². The lowest BCUT2D eigenvalue weighted by Gasteiger charge is -2.15. The minimum absolute atomic E-state index is 0.347. The van der Waals surface area contributed by atoms with Gasteiger partial charge in [-0.05, 0) is 29.5 Å². The van der Waals surface area contributed by atoms with Gasteiger partial charge in [0.1, 0.15) is 5.75 Å². The van der Waals surface area contributed by atoms with Gasteiger partial charge in [0.2, 0.25) is 0 Å². The minimum Gasteiger partial charge on any atom is -0.496 e. The fourth-order valence-electron chi connectivity index (χ4n) is 2.04. The summed E-state index contributed by atoms with van der Waals surface area (Å²) >= 11 is 0. The molecule has 0 amide bonds. The first-order chi connectivity index (χ1) is 7.77. The van der Waals surface area contributed by atoms with Gasteiger partial charge in [-0.15, -0.1) is 0 Å². The van der Waals surface area contributed by atoms with Crippen LogP contribution in [-0.4, -0.2) is 13.7 Å². The van der Waals surface area contributed by atoms with Crippen LogP contribution in [0.25, 0.3) is 10.8 Å². The third kappa shape index (κ3) is 1.76. The molecule has 84 valence electrons. The summed E-state index contributed by atoms with van der Waals surface area (Å²) in [7, 11) is 1.71. The standard InChI is InChI=1S/C14H17NO/c1-10(9-15)12-7-3-5-11-6-4-8-13(16-2)14(11)12/h3-8,10H,9,15H2,1-2H3. The predicted octanol–water partition coefficient (Wildman–Crippen LogP) is 2.91. The van der Waals surface area contributed by atoms with Crippen LogP contribution in [0.5, 0.6) is 5.75 Å². The van der Waals surface area contributed by atoms with Gasteiger partial charge in [-0.3, -0.25) is 0 Å². The Morgan fingerprint density at radius 3 is 2.50 bits per heavy atom. The minimum atomic E-state index is 0.347. The maximum absolute atomic E-state index is 5.75. The van der Waals surface area contributed by atoms with Crippen molar-refractivity contribution in [1.29, 1.82) is 0 Å². The largest absolute Gasteiger partial charge is 0.496 e. The molecule has 0 heterocycles. The number of ether oxygens (including phenoxy) is 1. The van der Waals surface area contributed by atoms with E-state index in [0.717, 1.165) is 5.75 Å². The average Bonchev–Trinajstić information content (AvgIpc) is 2.36. The summed E-state index contributed by atoms with van der Waals surface area (Å²) in [6.07, 6.45) is 0. The molecule has 1 unspecified atom stereocenters. The maximum Gasteiger partial charge on any atom is 0.126 e. The summed E-state index contributed by atoms with van der Waals surface area (Å²) in [5.41, 5.74) is 7.01. The van der Waals surface area contributed by atoms with E-state index in [4.69, 9.17) is 10.5 Å². The number of methoxy groups -OCH3 is 1. The first kappa shape index (κ1) is 11.0. The molecule has 0 spiro atoms. The second kappa shape index (κ2) is 4.54. The summed E-state index contributed by atoms with van der Waals surface area (Å²) in [6.45, 7) is 2.79. The van der Waals surface area contributed by atoms with Crippen LogP contribution in [0.3, 0.4) is 0 Å². The maximum atomic E-state index is 5.75. The molecular weight excluding hydrogens is 198 g/mol. The molecular formula is C14H17NO. The van der Waals surface area contributed by atoms with Gasteiger partial charge in [0.25, 0.3) is 0 Å². The van der Waals surface area contributed by atoms with Crippen LogP contribution >= 0.6 is 0 Å². The fourth-order valence-corrected chi connectivity index (χ4v) is 2.04. The SMILES string of the molecule is COc1cccc2cccc(C(C)CN)c12. The van der Waals surface area contributed by atoms with Crippen molar-refractivity contribution in [1.82, 2.24) is 0 Å². The topological polar surface area (TPSA) is 35.2 Å². The normalized spacial score (nSPS) is 12.7. The van der Waals surface area contributed by atoms with Gasteiger partial charge in [-0.25, -0.2) is 0 Å². The highest BCUT2D eigenvalue weighted by Gasteiger charge is 2.11. The number of hydrogen-bond acceptors (Lipinski definition) is 2. The van der Waals surface area contributed by atoms with Gasteiger partial charge in [0.15, 0.2) is 0 Å². The van der Waals surface area contributed by atoms with Crippen LogP contribution in [0.15, 0.2) is 36.4 Å². The molecule has 0 saturated carbocycles. The summed E-state index contributed by atoms with van der Waals surface area (Å²) in [4.78, 5) is 0. The molecule has 0 fully saturated rings. The monoisotopic (exact) mass is 215 g/mol. The molecule has 16 heavy (non-hydrogen) atoms. The Hall–Kier alpha value is -1.54. The highest BCUT2D eigenvalue weighted by atomic mass is 16.5. The lowest BCUT2D eigenvalue weighted by atomic mass is 9.94. The Labute approximate surface area is 96.0 Å². The van der Waals surface area contributed by atoms with E-state index in [2.05, 4.69) is 31.2 Å². The van der Waals surface area contributed by atoms with Crippen LogP contribution in [0, 0.1) is 0 Å². The number of fused-ring (bicyclic) bond motifs is 1. The Morgan fingerprint density at radius 1 is 1.19 bits per heavy atom. The molecule has 0 radical (unpaired) electrons. The van der Waals surface area contributed by atoms with Crippen molar-refractivity contribution in [3.8, 4) is 5.75 Å². The Morgan fingerprint density at radius 2 is 1.88 bits per heavy atom. The summed E-state index contributed by atoms with van der Waals surface area (Å²) < 4.78 is 5.42. The fraction of sp³-hybridized carbons (Fsp3) is 0.286. The number of hydrogen-bond donors (Lipinski definition) is 1. The predicted molar refractivity (Wildman–Crippen MR) is 68.0 cm³/mol. The third-order valence-electron chi connectivity index (χ3n) is 3.00. The van der Waals surface area contributed by atoms with E-state index in [-0.39, 0.29) is 0 Å². The van der Waals surface area contributed by atoms with Gasteiger partial charge in [-0.2, -0.15) is 0 Å². The Balaban J connectivity index is 2.73. The second-order valence-corrected chi connectivity index (χ2v) is 4.04. The van der Waals surface area contributed by atoms with E-state index in [9.17, 15) is 0 Å².